The number of guanidine groups is 1. The molecule has 0 aliphatic heterocycles. The zero-order valence-electron chi connectivity index (χ0n) is 13.2. The zero-order chi connectivity index (χ0) is 15.2. The van der Waals surface area contributed by atoms with Crippen LogP contribution in [0.1, 0.15) is 27.1 Å². The lowest BCUT2D eigenvalue weighted by Gasteiger charge is -2.15. The largest absolute Gasteiger partial charge is 0.352 e. The fourth-order valence-electron chi connectivity index (χ4n) is 2.47. The summed E-state index contributed by atoms with van der Waals surface area (Å²) < 4.78 is 0. The molecule has 2 aromatic rings. The van der Waals surface area contributed by atoms with E-state index in [1.165, 1.54) is 27.1 Å². The quantitative estimate of drug-likeness (QED) is 0.669. The summed E-state index contributed by atoms with van der Waals surface area (Å²) in [5, 5.41) is 8.82. The second-order valence-electron chi connectivity index (χ2n) is 5.24. The molecule has 0 amide bonds. The van der Waals surface area contributed by atoms with Crippen LogP contribution in [0.15, 0.2) is 34.6 Å². The molecule has 2 N–H and O–H groups in total. The van der Waals surface area contributed by atoms with Crippen molar-refractivity contribution in [3.8, 4) is 0 Å². The number of nitrogens with zero attached hydrogens (tertiary/aromatic N) is 1. The zero-order valence-corrected chi connectivity index (χ0v) is 14.0. The summed E-state index contributed by atoms with van der Waals surface area (Å²) >= 11 is 1.75. The minimum atomic E-state index is 0.794. The van der Waals surface area contributed by atoms with E-state index in [1.807, 2.05) is 0 Å². The van der Waals surface area contributed by atoms with Crippen molar-refractivity contribution in [3.63, 3.8) is 0 Å². The number of hydrogen-bond acceptors (Lipinski definition) is 2. The molecule has 0 spiro atoms. The third-order valence-electron chi connectivity index (χ3n) is 3.51. The third-order valence-corrected chi connectivity index (χ3v) is 4.38. The van der Waals surface area contributed by atoms with Gasteiger partial charge in [0, 0.05) is 18.5 Å². The van der Waals surface area contributed by atoms with E-state index in [2.05, 4.69) is 66.0 Å². The van der Waals surface area contributed by atoms with Gasteiger partial charge in [0.05, 0.1) is 6.54 Å². The minimum absolute atomic E-state index is 0.794. The van der Waals surface area contributed by atoms with Crippen molar-refractivity contribution in [1.82, 2.24) is 10.6 Å². The molecule has 0 atom stereocenters. The van der Waals surface area contributed by atoms with Crippen LogP contribution in [0.2, 0.25) is 0 Å². The lowest BCUT2D eigenvalue weighted by molar-refractivity contribution is 0.808. The second-order valence-corrected chi connectivity index (χ2v) is 6.27. The first kappa shape index (κ1) is 15.6. The number of thiophene rings is 1. The van der Waals surface area contributed by atoms with Crippen LogP contribution in [0.3, 0.4) is 0 Å². The van der Waals surface area contributed by atoms with E-state index in [-0.39, 0.29) is 0 Å². The monoisotopic (exact) mass is 301 g/mol. The highest BCUT2D eigenvalue weighted by molar-refractivity contribution is 7.09. The van der Waals surface area contributed by atoms with Gasteiger partial charge in [-0.3, -0.25) is 4.99 Å². The van der Waals surface area contributed by atoms with Crippen LogP contribution in [-0.4, -0.2) is 13.0 Å². The van der Waals surface area contributed by atoms with Gasteiger partial charge in [0.2, 0.25) is 0 Å². The molecule has 3 nitrogen and oxygen atoms in total. The highest BCUT2D eigenvalue weighted by Crippen LogP contribution is 2.16. The smallest absolute Gasteiger partial charge is 0.191 e. The van der Waals surface area contributed by atoms with Gasteiger partial charge in [-0.25, -0.2) is 0 Å². The normalized spacial score (nSPS) is 11.5. The number of rotatable bonds is 4. The summed E-state index contributed by atoms with van der Waals surface area (Å²) in [6.45, 7) is 8.07. The molecule has 0 aliphatic carbocycles. The summed E-state index contributed by atoms with van der Waals surface area (Å²) in [5.74, 6) is 0.836. The van der Waals surface area contributed by atoms with Gasteiger partial charge in [-0.15, -0.1) is 11.3 Å². The Kier molecular flexibility index (Phi) is 5.39. The van der Waals surface area contributed by atoms with Gasteiger partial charge in [-0.1, -0.05) is 23.8 Å². The Labute approximate surface area is 131 Å². The van der Waals surface area contributed by atoms with E-state index in [0.717, 1.165) is 19.0 Å². The summed E-state index contributed by atoms with van der Waals surface area (Å²) in [6.07, 6.45) is 0. The fraction of sp³-hybridized carbons (Fsp3) is 0.353. The van der Waals surface area contributed by atoms with Gasteiger partial charge >= 0.3 is 0 Å². The first-order valence-corrected chi connectivity index (χ1v) is 8.01. The molecule has 112 valence electrons. The van der Waals surface area contributed by atoms with Gasteiger partial charge in [-0.2, -0.15) is 0 Å². The van der Waals surface area contributed by atoms with Crippen LogP contribution in [0.25, 0.3) is 0 Å². The van der Waals surface area contributed by atoms with E-state index < -0.39 is 0 Å². The molecule has 0 radical (unpaired) electrons. The maximum Gasteiger partial charge on any atom is 0.191 e. The minimum Gasteiger partial charge on any atom is -0.352 e. The van der Waals surface area contributed by atoms with Gasteiger partial charge in [0.1, 0.15) is 0 Å². The molecule has 1 aromatic heterocycles. The van der Waals surface area contributed by atoms with E-state index in [0.29, 0.717) is 0 Å². The Morgan fingerprint density at radius 3 is 2.33 bits per heavy atom. The maximum atomic E-state index is 4.28. The average molecular weight is 301 g/mol. The summed E-state index contributed by atoms with van der Waals surface area (Å²) in [4.78, 5) is 5.58. The predicted octanol–water partition coefficient (Wildman–Crippen LogP) is 3.54. The maximum absolute atomic E-state index is 4.28. The summed E-state index contributed by atoms with van der Waals surface area (Å²) in [6, 6.07) is 8.65. The molecule has 0 unspecified atom stereocenters. The molecule has 0 bridgehead atoms. The Hall–Kier alpha value is -1.81. The second kappa shape index (κ2) is 7.27. The van der Waals surface area contributed by atoms with Crippen LogP contribution >= 0.6 is 11.3 Å². The van der Waals surface area contributed by atoms with Gasteiger partial charge in [0.15, 0.2) is 5.96 Å². The molecule has 0 aliphatic rings. The SMILES string of the molecule is CN=C(NCc1cccs1)NCc1c(C)cc(C)cc1C. The van der Waals surface area contributed by atoms with Crippen molar-refractivity contribution in [3.05, 3.63) is 56.8 Å². The van der Waals surface area contributed by atoms with Gasteiger partial charge in [0.25, 0.3) is 0 Å². The topological polar surface area (TPSA) is 36.4 Å². The Morgan fingerprint density at radius 1 is 1.10 bits per heavy atom. The lowest BCUT2D eigenvalue weighted by atomic mass is 10.00. The van der Waals surface area contributed by atoms with E-state index >= 15 is 0 Å². The summed E-state index contributed by atoms with van der Waals surface area (Å²) in [7, 11) is 1.80. The molecule has 4 heteroatoms. The summed E-state index contributed by atoms with van der Waals surface area (Å²) in [5.41, 5.74) is 5.32. The average Bonchev–Trinajstić information content (AvgIpc) is 2.94. The fourth-order valence-corrected chi connectivity index (χ4v) is 3.11. The molecule has 21 heavy (non-hydrogen) atoms. The van der Waals surface area contributed by atoms with Crippen LogP contribution in [-0.2, 0) is 13.1 Å². The number of aliphatic imine (C=N–C) groups is 1. The van der Waals surface area contributed by atoms with Crippen LogP contribution in [0.4, 0.5) is 0 Å². The molecular weight excluding hydrogens is 278 g/mol. The Balaban J connectivity index is 1.94. The van der Waals surface area contributed by atoms with E-state index in [9.17, 15) is 0 Å². The standard InChI is InChI=1S/C17H23N3S/c1-12-8-13(2)16(14(3)9-12)11-20-17(18-4)19-10-15-6-5-7-21-15/h5-9H,10-11H2,1-4H3,(H2,18,19,20). The lowest BCUT2D eigenvalue weighted by Crippen LogP contribution is -2.36. The number of hydrogen-bond donors (Lipinski definition) is 2. The highest BCUT2D eigenvalue weighted by Gasteiger charge is 2.05. The van der Waals surface area contributed by atoms with Crippen LogP contribution in [0, 0.1) is 20.8 Å². The Morgan fingerprint density at radius 2 is 1.76 bits per heavy atom. The molecular formula is C17H23N3S. The number of nitrogens with one attached hydrogen (secondary N) is 2. The van der Waals surface area contributed by atoms with Crippen molar-refractivity contribution in [2.75, 3.05) is 7.05 Å². The molecule has 0 saturated carbocycles. The van der Waals surface area contributed by atoms with Gasteiger partial charge in [-0.05, 0) is 48.9 Å². The Bertz CT molecular complexity index is 592. The highest BCUT2D eigenvalue weighted by atomic mass is 32.1. The van der Waals surface area contributed by atoms with Crippen LogP contribution in [0.5, 0.6) is 0 Å². The predicted molar refractivity (Wildman–Crippen MR) is 92.0 cm³/mol. The first-order valence-electron chi connectivity index (χ1n) is 7.13. The third kappa shape index (κ3) is 4.33. The molecule has 0 saturated heterocycles. The molecule has 1 heterocycles. The van der Waals surface area contributed by atoms with Crippen molar-refractivity contribution >= 4 is 17.3 Å². The molecule has 0 fully saturated rings. The van der Waals surface area contributed by atoms with Crippen molar-refractivity contribution in [2.45, 2.75) is 33.9 Å². The number of benzene rings is 1. The van der Waals surface area contributed by atoms with Crippen molar-refractivity contribution in [2.24, 2.45) is 4.99 Å². The molecule has 2 rings (SSSR count). The van der Waals surface area contributed by atoms with E-state index in [4.69, 9.17) is 0 Å². The van der Waals surface area contributed by atoms with E-state index in [1.54, 1.807) is 18.4 Å². The molecule has 1 aromatic carbocycles. The number of aryl methyl sites for hydroxylation is 3. The first-order chi connectivity index (χ1) is 10.1. The van der Waals surface area contributed by atoms with Gasteiger partial charge < -0.3 is 10.6 Å². The van der Waals surface area contributed by atoms with Crippen molar-refractivity contribution < 1.29 is 0 Å². The van der Waals surface area contributed by atoms with Crippen molar-refractivity contribution in [1.29, 1.82) is 0 Å². The van der Waals surface area contributed by atoms with Crippen LogP contribution < -0.4 is 10.6 Å².